The fourth-order valence-electron chi connectivity index (χ4n) is 4.27. The molecule has 9 nitrogen and oxygen atoms in total. The number of benzene rings is 2. The molecule has 0 spiro atoms. The minimum absolute atomic E-state index is 0.0173. The lowest BCUT2D eigenvalue weighted by atomic mass is 10.1. The maximum atomic E-state index is 13.1. The minimum atomic E-state index is -0.671. The number of para-hydroxylation sites is 1. The lowest BCUT2D eigenvalue weighted by Gasteiger charge is -2.35. The quantitative estimate of drug-likeness (QED) is 0.381. The van der Waals surface area contributed by atoms with E-state index in [0.717, 1.165) is 22.8 Å². The van der Waals surface area contributed by atoms with Crippen LogP contribution in [0.1, 0.15) is 17.3 Å². The summed E-state index contributed by atoms with van der Waals surface area (Å²) in [5, 5.41) is 9.41. The number of carbonyl (C=O) groups is 1. The number of anilines is 1. The van der Waals surface area contributed by atoms with Crippen LogP contribution < -0.4 is 20.0 Å². The highest BCUT2D eigenvalue weighted by Crippen LogP contribution is 2.25. The average Bonchev–Trinajstić information content (AvgIpc) is 2.93. The molecule has 3 heterocycles. The molecule has 0 N–H and O–H groups in total. The molecule has 0 aliphatic carbocycles. The molecule has 1 saturated heterocycles. The molecule has 0 bridgehead atoms. The van der Waals surface area contributed by atoms with Gasteiger partial charge in [0.2, 0.25) is 0 Å². The molecule has 0 saturated carbocycles. The van der Waals surface area contributed by atoms with Gasteiger partial charge >= 0.3 is 5.63 Å². The molecule has 4 aromatic rings. The Morgan fingerprint density at radius 2 is 1.78 bits per heavy atom. The molecular weight excluding hydrogens is 460 g/mol. The van der Waals surface area contributed by atoms with Crippen molar-refractivity contribution in [3.63, 3.8) is 0 Å². The summed E-state index contributed by atoms with van der Waals surface area (Å²) in [6, 6.07) is 18.5. The van der Waals surface area contributed by atoms with Gasteiger partial charge in [0, 0.05) is 37.1 Å². The summed E-state index contributed by atoms with van der Waals surface area (Å²) in [5.74, 6) is 1.67. The van der Waals surface area contributed by atoms with E-state index in [2.05, 4.69) is 15.1 Å². The van der Waals surface area contributed by atoms with Gasteiger partial charge in [-0.05, 0) is 55.5 Å². The summed E-state index contributed by atoms with van der Waals surface area (Å²) >= 11 is 0. The number of hydrogen-bond donors (Lipinski definition) is 0. The molecule has 2 aromatic carbocycles. The minimum Gasteiger partial charge on any atom is -0.494 e. The highest BCUT2D eigenvalue weighted by Gasteiger charge is 2.26. The van der Waals surface area contributed by atoms with Crippen LogP contribution in [-0.4, -0.2) is 60.9 Å². The van der Waals surface area contributed by atoms with Gasteiger partial charge in [-0.3, -0.25) is 4.79 Å². The average molecular weight is 487 g/mol. The predicted molar refractivity (Wildman–Crippen MR) is 136 cm³/mol. The van der Waals surface area contributed by atoms with Crippen molar-refractivity contribution in [3.8, 4) is 22.8 Å². The van der Waals surface area contributed by atoms with Crippen LogP contribution in [0, 0.1) is 0 Å². The number of aromatic nitrogens is 2. The number of nitrogens with zero attached hydrogens (tertiary/aromatic N) is 4. The van der Waals surface area contributed by atoms with Crippen LogP contribution in [0.3, 0.4) is 0 Å². The Kier molecular flexibility index (Phi) is 6.53. The van der Waals surface area contributed by atoms with Gasteiger partial charge in [-0.25, -0.2) is 4.79 Å². The molecule has 5 rings (SSSR count). The summed E-state index contributed by atoms with van der Waals surface area (Å²) < 4.78 is 16.2. The summed E-state index contributed by atoms with van der Waals surface area (Å²) in [6.45, 7) is 4.64. The van der Waals surface area contributed by atoms with Crippen LogP contribution in [-0.2, 0) is 0 Å². The van der Waals surface area contributed by atoms with Gasteiger partial charge in [0.1, 0.15) is 11.3 Å². The van der Waals surface area contributed by atoms with Crippen molar-refractivity contribution in [2.45, 2.75) is 6.92 Å². The molecule has 2 aromatic heterocycles. The van der Waals surface area contributed by atoms with E-state index in [1.807, 2.05) is 43.3 Å². The first-order valence-electron chi connectivity index (χ1n) is 11.8. The normalized spacial score (nSPS) is 13.6. The Morgan fingerprint density at radius 3 is 2.44 bits per heavy atom. The summed E-state index contributed by atoms with van der Waals surface area (Å²) in [5.41, 5.74) is 1.41. The Labute approximate surface area is 207 Å². The third-order valence-corrected chi connectivity index (χ3v) is 6.18. The zero-order valence-electron chi connectivity index (χ0n) is 20.1. The first-order valence-corrected chi connectivity index (χ1v) is 11.8. The molecular formula is C27H26N4O5. The van der Waals surface area contributed by atoms with Crippen LogP contribution in [0.25, 0.3) is 22.2 Å². The monoisotopic (exact) mass is 486 g/mol. The second-order valence-electron chi connectivity index (χ2n) is 8.34. The summed E-state index contributed by atoms with van der Waals surface area (Å²) in [4.78, 5) is 29.4. The lowest BCUT2D eigenvalue weighted by molar-refractivity contribution is 0.0742. The molecule has 1 aliphatic heterocycles. The largest absolute Gasteiger partial charge is 0.494 e. The lowest BCUT2D eigenvalue weighted by Crippen LogP contribution is -2.49. The Bertz CT molecular complexity index is 1430. The number of fused-ring (bicyclic) bond motifs is 1. The zero-order chi connectivity index (χ0) is 25.1. The van der Waals surface area contributed by atoms with E-state index < -0.39 is 5.63 Å². The maximum Gasteiger partial charge on any atom is 0.349 e. The molecule has 1 amide bonds. The van der Waals surface area contributed by atoms with Crippen molar-refractivity contribution in [1.29, 1.82) is 0 Å². The fraction of sp³-hybridized carbons (Fsp3) is 0.259. The van der Waals surface area contributed by atoms with Gasteiger partial charge in [0.25, 0.3) is 5.91 Å². The van der Waals surface area contributed by atoms with E-state index in [0.29, 0.717) is 49.5 Å². The fourth-order valence-corrected chi connectivity index (χ4v) is 4.27. The Hall–Kier alpha value is -4.40. The van der Waals surface area contributed by atoms with Crippen molar-refractivity contribution < 1.29 is 18.7 Å². The summed E-state index contributed by atoms with van der Waals surface area (Å²) in [7, 11) is 1.51. The number of rotatable bonds is 6. The second kappa shape index (κ2) is 10.1. The third kappa shape index (κ3) is 4.59. The molecule has 0 atom stereocenters. The van der Waals surface area contributed by atoms with Gasteiger partial charge < -0.3 is 23.7 Å². The van der Waals surface area contributed by atoms with E-state index in [1.54, 1.807) is 29.2 Å². The molecule has 1 aliphatic rings. The highest BCUT2D eigenvalue weighted by molar-refractivity contribution is 5.97. The molecule has 1 fully saturated rings. The van der Waals surface area contributed by atoms with Crippen LogP contribution in [0.2, 0.25) is 0 Å². The SMILES string of the molecule is CCOc1ccc(-c2ccc(N3CCN(C(=O)c4cc5cccc(OC)c5oc4=O)CC3)nn2)cc1. The van der Waals surface area contributed by atoms with Crippen molar-refractivity contribution in [2.24, 2.45) is 0 Å². The standard InChI is InChI=1S/C27H26N4O5/c1-3-35-20-9-7-18(8-10-20)22-11-12-24(29-28-22)30-13-15-31(16-14-30)26(32)21-17-19-5-4-6-23(34-2)25(19)36-27(21)33/h4-12,17H,3,13-16H2,1-2H3. The highest BCUT2D eigenvalue weighted by atomic mass is 16.5. The van der Waals surface area contributed by atoms with Gasteiger partial charge in [-0.15, -0.1) is 10.2 Å². The second-order valence-corrected chi connectivity index (χ2v) is 8.34. The number of amides is 1. The molecule has 36 heavy (non-hydrogen) atoms. The number of methoxy groups -OCH3 is 1. The van der Waals surface area contributed by atoms with Crippen molar-refractivity contribution in [2.75, 3.05) is 44.8 Å². The Balaban J connectivity index is 1.25. The molecule has 184 valence electrons. The first kappa shape index (κ1) is 23.3. The van der Waals surface area contributed by atoms with E-state index in [-0.39, 0.29) is 11.5 Å². The van der Waals surface area contributed by atoms with Gasteiger partial charge in [0.15, 0.2) is 17.2 Å². The van der Waals surface area contributed by atoms with Gasteiger partial charge in [-0.2, -0.15) is 0 Å². The van der Waals surface area contributed by atoms with Crippen molar-refractivity contribution >= 4 is 22.7 Å². The van der Waals surface area contributed by atoms with Crippen molar-refractivity contribution in [3.05, 3.63) is 76.6 Å². The number of carbonyl (C=O) groups excluding carboxylic acids is 1. The number of hydrogen-bond acceptors (Lipinski definition) is 8. The molecule has 0 radical (unpaired) electrons. The van der Waals surface area contributed by atoms with Crippen LogP contribution in [0.5, 0.6) is 11.5 Å². The van der Waals surface area contributed by atoms with Gasteiger partial charge in [-0.1, -0.05) is 12.1 Å². The van der Waals surface area contributed by atoms with Crippen LogP contribution in [0.4, 0.5) is 5.82 Å². The van der Waals surface area contributed by atoms with Gasteiger partial charge in [0.05, 0.1) is 19.4 Å². The van der Waals surface area contributed by atoms with E-state index >= 15 is 0 Å². The summed E-state index contributed by atoms with van der Waals surface area (Å²) in [6.07, 6.45) is 0. The van der Waals surface area contributed by atoms with E-state index in [4.69, 9.17) is 13.9 Å². The maximum absolute atomic E-state index is 13.1. The van der Waals surface area contributed by atoms with E-state index in [9.17, 15) is 9.59 Å². The van der Waals surface area contributed by atoms with Crippen LogP contribution >= 0.6 is 0 Å². The smallest absolute Gasteiger partial charge is 0.349 e. The van der Waals surface area contributed by atoms with Crippen molar-refractivity contribution in [1.82, 2.24) is 15.1 Å². The molecule has 0 unspecified atom stereocenters. The molecule has 9 heteroatoms. The Morgan fingerprint density at radius 1 is 1.00 bits per heavy atom. The zero-order valence-corrected chi connectivity index (χ0v) is 20.1. The number of ether oxygens (including phenoxy) is 2. The predicted octanol–water partition coefficient (Wildman–Crippen LogP) is 3.62. The topological polar surface area (TPSA) is 98.0 Å². The first-order chi connectivity index (χ1) is 17.6. The third-order valence-electron chi connectivity index (χ3n) is 6.18. The van der Waals surface area contributed by atoms with Crippen LogP contribution in [0.15, 0.2) is 69.9 Å². The van der Waals surface area contributed by atoms with E-state index in [1.165, 1.54) is 7.11 Å². The number of piperazine rings is 1.